The Morgan fingerprint density at radius 1 is 1.07 bits per heavy atom. The second-order valence-electron chi connectivity index (χ2n) is 7.71. The summed E-state index contributed by atoms with van der Waals surface area (Å²) in [7, 11) is 0. The number of aliphatic hydroxyl groups is 1. The van der Waals surface area contributed by atoms with Crippen LogP contribution in [0.1, 0.15) is 55.8 Å². The molecule has 8 heteroatoms. The lowest BCUT2D eigenvalue weighted by atomic mass is 9.74. The molecule has 1 unspecified atom stereocenters. The van der Waals surface area contributed by atoms with Gasteiger partial charge in [-0.3, -0.25) is 19.4 Å². The lowest BCUT2D eigenvalue weighted by molar-refractivity contribution is -0.166. The van der Waals surface area contributed by atoms with Gasteiger partial charge in [0.05, 0.1) is 0 Å². The Balaban J connectivity index is 1.56. The van der Waals surface area contributed by atoms with Crippen LogP contribution in [-0.4, -0.2) is 82.0 Å². The second kappa shape index (κ2) is 8.75. The first kappa shape index (κ1) is 12.6. The molecule has 29 heavy (non-hydrogen) atoms. The minimum Gasteiger partial charge on any atom is -0.383 e. The number of aromatic nitrogens is 2. The van der Waals surface area contributed by atoms with E-state index in [1.54, 1.807) is 23.4 Å². The van der Waals surface area contributed by atoms with Gasteiger partial charge < -0.3 is 10.0 Å². The monoisotopic (exact) mass is 409 g/mol. The minimum atomic E-state index is -3.69. The van der Waals surface area contributed by atoms with Gasteiger partial charge in [0.2, 0.25) is 11.9 Å². The number of aliphatic hydroxyl groups excluding tert-OH is 1. The maximum absolute atomic E-state index is 13.0. The Morgan fingerprint density at radius 3 is 2.41 bits per heavy atom. The summed E-state index contributed by atoms with van der Waals surface area (Å²) in [4.78, 5) is 37.1. The van der Waals surface area contributed by atoms with E-state index >= 15 is 0 Å². The molecule has 2 amide bonds. The van der Waals surface area contributed by atoms with Gasteiger partial charge in [-0.25, -0.2) is 9.97 Å². The molecule has 0 radical (unpaired) electrons. The van der Waals surface area contributed by atoms with Gasteiger partial charge in [0, 0.05) is 67.9 Å². The van der Waals surface area contributed by atoms with E-state index < -0.39 is 49.1 Å². The average Bonchev–Trinajstić information content (AvgIpc) is 3.32. The average molecular weight is 410 g/mol. The number of carbonyl (C=O) groups excluding carboxylic acids is 2. The molecule has 158 valence electrons. The Bertz CT molecular complexity index is 1030. The molecular weight excluding hydrogens is 370 g/mol. The summed E-state index contributed by atoms with van der Waals surface area (Å²) in [5, 5.41) is 10.7. The molecule has 4 rings (SSSR count). The molecule has 0 bridgehead atoms. The van der Waals surface area contributed by atoms with Gasteiger partial charge >= 0.3 is 0 Å². The van der Waals surface area contributed by atoms with E-state index in [1.165, 1.54) is 0 Å². The fraction of sp³-hybridized carbons (Fsp3) is 0.714. The van der Waals surface area contributed by atoms with Crippen molar-refractivity contribution >= 4 is 17.8 Å². The van der Waals surface area contributed by atoms with Crippen molar-refractivity contribution in [2.24, 2.45) is 5.41 Å². The number of piperazine rings is 1. The van der Waals surface area contributed by atoms with Crippen molar-refractivity contribution in [2.75, 3.05) is 44.1 Å². The SMILES string of the molecule is [2H]C([2H])(N1CCN(c2ncccn2)CC1)C([2H])([2H])C([2H])([2H])C([2H])([2H])N1C(=O)CC2(CCCC2)C(O)C1=O. The van der Waals surface area contributed by atoms with Crippen LogP contribution in [0.4, 0.5) is 5.95 Å². The number of rotatable bonds is 6. The Labute approximate surface area is 183 Å². The topological polar surface area (TPSA) is 89.9 Å². The molecule has 1 N–H and O–H groups in total. The fourth-order valence-electron chi connectivity index (χ4n) is 4.29. The maximum atomic E-state index is 13.0. The Morgan fingerprint density at radius 2 is 1.72 bits per heavy atom. The van der Waals surface area contributed by atoms with Crippen molar-refractivity contribution in [1.29, 1.82) is 0 Å². The predicted octanol–water partition coefficient (Wildman–Crippen LogP) is 1.06. The van der Waals surface area contributed by atoms with Crippen molar-refractivity contribution in [3.8, 4) is 0 Å². The molecule has 1 aliphatic carbocycles. The molecule has 8 nitrogen and oxygen atoms in total. The van der Waals surface area contributed by atoms with Gasteiger partial charge in [0.25, 0.3) is 5.91 Å². The highest BCUT2D eigenvalue weighted by molar-refractivity contribution is 6.01. The van der Waals surface area contributed by atoms with Crippen LogP contribution in [-0.2, 0) is 9.59 Å². The second-order valence-corrected chi connectivity index (χ2v) is 7.71. The first-order valence-corrected chi connectivity index (χ1v) is 9.92. The predicted molar refractivity (Wildman–Crippen MR) is 108 cm³/mol. The molecule has 2 saturated heterocycles. The highest BCUT2D eigenvalue weighted by Gasteiger charge is 2.51. The highest BCUT2D eigenvalue weighted by atomic mass is 16.3. The zero-order valence-electron chi connectivity index (χ0n) is 24.2. The summed E-state index contributed by atoms with van der Waals surface area (Å²) in [6.45, 7) is -6.25. The number of piperidine rings is 1. The molecular formula is C21H31N5O3. The van der Waals surface area contributed by atoms with Crippen molar-refractivity contribution < 1.29 is 25.7 Å². The maximum Gasteiger partial charge on any atom is 0.258 e. The van der Waals surface area contributed by atoms with Gasteiger partial charge in [-0.05, 0) is 38.2 Å². The molecule has 0 aromatic carbocycles. The van der Waals surface area contributed by atoms with Gasteiger partial charge in [-0.2, -0.15) is 0 Å². The number of nitrogens with zero attached hydrogens (tertiary/aromatic N) is 5. The summed E-state index contributed by atoms with van der Waals surface area (Å²) < 4.78 is 67.8. The van der Waals surface area contributed by atoms with Crippen LogP contribution in [0.2, 0.25) is 0 Å². The van der Waals surface area contributed by atoms with Crippen LogP contribution < -0.4 is 4.90 Å². The van der Waals surface area contributed by atoms with E-state index in [0.29, 0.717) is 31.6 Å². The van der Waals surface area contributed by atoms with Crippen molar-refractivity contribution in [1.82, 2.24) is 19.8 Å². The molecule has 3 heterocycles. The number of amides is 2. The van der Waals surface area contributed by atoms with Crippen LogP contribution in [0, 0.1) is 5.41 Å². The van der Waals surface area contributed by atoms with Crippen molar-refractivity contribution in [2.45, 2.75) is 51.0 Å². The number of hydrogen-bond acceptors (Lipinski definition) is 7. The fourth-order valence-corrected chi connectivity index (χ4v) is 4.29. The molecule has 3 fully saturated rings. The standard InChI is InChI=1S/C21H31N5O3/c27-17-16-21(6-1-2-7-21)18(28)19(29)26(17)11-4-3-10-24-12-14-25(15-13-24)20-22-8-5-9-23-20/h5,8-9,18,28H,1-4,6-7,10-16H2/i3D2,4D2,10D2,11D2. The van der Waals surface area contributed by atoms with E-state index in [0.717, 1.165) is 4.90 Å². The minimum absolute atomic E-state index is 0.0279. The quantitative estimate of drug-likeness (QED) is 0.703. The molecule has 1 atom stereocenters. The molecule has 1 saturated carbocycles. The number of likely N-dealkylation sites (tertiary alicyclic amines) is 1. The van der Waals surface area contributed by atoms with Crippen molar-refractivity contribution in [3.05, 3.63) is 18.5 Å². The third-order valence-corrected chi connectivity index (χ3v) is 5.95. The molecule has 1 spiro atoms. The normalized spacial score (nSPS) is 31.3. The van der Waals surface area contributed by atoms with E-state index in [9.17, 15) is 14.7 Å². The third-order valence-electron chi connectivity index (χ3n) is 5.95. The van der Waals surface area contributed by atoms with E-state index in [4.69, 9.17) is 11.0 Å². The van der Waals surface area contributed by atoms with Crippen LogP contribution >= 0.6 is 0 Å². The lowest BCUT2D eigenvalue weighted by Crippen LogP contribution is -2.56. The van der Waals surface area contributed by atoms with E-state index in [1.807, 2.05) is 0 Å². The van der Waals surface area contributed by atoms with Crippen LogP contribution in [0.3, 0.4) is 0 Å². The summed E-state index contributed by atoms with van der Waals surface area (Å²) >= 11 is 0. The summed E-state index contributed by atoms with van der Waals surface area (Å²) in [6, 6.07) is 1.65. The van der Waals surface area contributed by atoms with Gasteiger partial charge in [-0.1, -0.05) is 12.8 Å². The largest absolute Gasteiger partial charge is 0.383 e. The number of imide groups is 1. The van der Waals surface area contributed by atoms with Crippen LogP contribution in [0.15, 0.2) is 18.5 Å². The Hall–Kier alpha value is -2.06. The van der Waals surface area contributed by atoms with Gasteiger partial charge in [0.15, 0.2) is 0 Å². The first-order chi connectivity index (χ1) is 17.1. The van der Waals surface area contributed by atoms with Gasteiger partial charge in [-0.15, -0.1) is 0 Å². The van der Waals surface area contributed by atoms with Crippen LogP contribution in [0.5, 0.6) is 0 Å². The first-order valence-electron chi connectivity index (χ1n) is 13.9. The summed E-state index contributed by atoms with van der Waals surface area (Å²) in [5.74, 6) is -1.95. The number of carbonyl (C=O) groups is 2. The zero-order valence-corrected chi connectivity index (χ0v) is 16.2. The number of anilines is 1. The van der Waals surface area contributed by atoms with Crippen LogP contribution in [0.25, 0.3) is 0 Å². The molecule has 2 aliphatic heterocycles. The molecule has 3 aliphatic rings. The lowest BCUT2D eigenvalue weighted by Gasteiger charge is -2.41. The van der Waals surface area contributed by atoms with Gasteiger partial charge in [0.1, 0.15) is 6.10 Å². The third kappa shape index (κ3) is 4.28. The van der Waals surface area contributed by atoms with E-state index in [2.05, 4.69) is 9.97 Å². The van der Waals surface area contributed by atoms with E-state index in [-0.39, 0.29) is 37.5 Å². The Kier molecular flexibility index (Phi) is 3.80. The molecule has 1 aromatic rings. The van der Waals surface area contributed by atoms with Crippen molar-refractivity contribution in [3.63, 3.8) is 0 Å². The zero-order chi connectivity index (χ0) is 27.4. The smallest absolute Gasteiger partial charge is 0.258 e. The molecule has 1 aromatic heterocycles. The summed E-state index contributed by atoms with van der Waals surface area (Å²) in [5.41, 5.74) is -1.02. The summed E-state index contributed by atoms with van der Waals surface area (Å²) in [6.07, 6.45) is -4.01. The highest BCUT2D eigenvalue weighted by Crippen LogP contribution is 2.47. The number of hydrogen-bond donors (Lipinski definition) is 1.